The summed E-state index contributed by atoms with van der Waals surface area (Å²) >= 11 is 0. The Balaban J connectivity index is 1.73. The van der Waals surface area contributed by atoms with E-state index in [2.05, 4.69) is 32.6 Å². The zero-order valence-corrected chi connectivity index (χ0v) is 22.0. The van der Waals surface area contributed by atoms with E-state index in [1.165, 1.54) is 36.7 Å². The molecule has 0 aliphatic heterocycles. The van der Waals surface area contributed by atoms with Crippen molar-refractivity contribution in [2.24, 2.45) is 23.2 Å². The highest BCUT2D eigenvalue weighted by atomic mass is 32.2. The lowest BCUT2D eigenvalue weighted by Gasteiger charge is -2.44. The molecule has 2 N–H and O–H groups in total. The van der Waals surface area contributed by atoms with Crippen LogP contribution in [0.2, 0.25) is 0 Å². The van der Waals surface area contributed by atoms with E-state index in [1.807, 2.05) is 6.08 Å². The van der Waals surface area contributed by atoms with Gasteiger partial charge in [-0.1, -0.05) is 44.2 Å². The van der Waals surface area contributed by atoms with Gasteiger partial charge in [0, 0.05) is 11.8 Å². The number of aliphatic hydroxyl groups excluding tert-OH is 2. The Bertz CT molecular complexity index is 933. The van der Waals surface area contributed by atoms with Gasteiger partial charge in [-0.25, -0.2) is 8.42 Å². The molecule has 3 rings (SSSR count). The van der Waals surface area contributed by atoms with Crippen LogP contribution in [0.3, 0.4) is 0 Å². The third-order valence-corrected chi connectivity index (χ3v) is 10.9. The van der Waals surface area contributed by atoms with Crippen molar-refractivity contribution < 1.29 is 18.6 Å². The summed E-state index contributed by atoms with van der Waals surface area (Å²) in [6, 6.07) is 0. The summed E-state index contributed by atoms with van der Waals surface area (Å²) < 4.78 is 24.1. The van der Waals surface area contributed by atoms with E-state index in [9.17, 15) is 18.6 Å². The van der Waals surface area contributed by atoms with Crippen molar-refractivity contribution in [1.82, 2.24) is 0 Å². The molecule has 33 heavy (non-hydrogen) atoms. The molecule has 0 aromatic carbocycles. The molecule has 3 fully saturated rings. The van der Waals surface area contributed by atoms with Crippen LogP contribution >= 0.6 is 0 Å². The van der Waals surface area contributed by atoms with Gasteiger partial charge in [-0.2, -0.15) is 0 Å². The first-order valence-electron chi connectivity index (χ1n) is 12.6. The Morgan fingerprint density at radius 2 is 1.91 bits per heavy atom. The van der Waals surface area contributed by atoms with Gasteiger partial charge in [0.15, 0.2) is 9.84 Å². The molecule has 6 atom stereocenters. The van der Waals surface area contributed by atoms with Gasteiger partial charge in [-0.3, -0.25) is 0 Å². The maximum absolute atomic E-state index is 12.4. The minimum Gasteiger partial charge on any atom is -0.393 e. The van der Waals surface area contributed by atoms with Crippen LogP contribution in [0.25, 0.3) is 0 Å². The van der Waals surface area contributed by atoms with Gasteiger partial charge in [0.25, 0.3) is 0 Å². The fourth-order valence-corrected chi connectivity index (χ4v) is 7.22. The fourth-order valence-electron chi connectivity index (χ4n) is 6.44. The first-order valence-corrected chi connectivity index (χ1v) is 14.2. The van der Waals surface area contributed by atoms with E-state index in [0.717, 1.165) is 24.0 Å². The molecule has 1 unspecified atom stereocenters. The molecule has 3 aliphatic rings. The molecule has 0 spiro atoms. The lowest BCUT2D eigenvalue weighted by Crippen LogP contribution is -2.36. The quantitative estimate of drug-likeness (QED) is 0.519. The molecule has 186 valence electrons. The maximum atomic E-state index is 12.4. The molecule has 0 aromatic rings. The van der Waals surface area contributed by atoms with Gasteiger partial charge >= 0.3 is 0 Å². The van der Waals surface area contributed by atoms with Crippen molar-refractivity contribution in [3.05, 3.63) is 46.9 Å². The first kappa shape index (κ1) is 26.4. The van der Waals surface area contributed by atoms with E-state index in [0.29, 0.717) is 30.6 Å². The lowest BCUT2D eigenvalue weighted by atomic mass is 9.61. The summed E-state index contributed by atoms with van der Waals surface area (Å²) in [5.41, 5.74) is 3.43. The van der Waals surface area contributed by atoms with Crippen LogP contribution in [-0.2, 0) is 9.84 Å². The predicted molar refractivity (Wildman–Crippen MR) is 136 cm³/mol. The lowest BCUT2D eigenvalue weighted by molar-refractivity contribution is 0.0862. The Kier molecular flexibility index (Phi) is 7.87. The smallest absolute Gasteiger partial charge is 0.176 e. The maximum Gasteiger partial charge on any atom is 0.176 e. The Hall–Kier alpha value is -1.17. The molecule has 0 bridgehead atoms. The Morgan fingerprint density at radius 3 is 2.58 bits per heavy atom. The molecular formula is C28H44O4S. The van der Waals surface area contributed by atoms with Crippen molar-refractivity contribution in [1.29, 1.82) is 0 Å². The number of sulfone groups is 1. The van der Waals surface area contributed by atoms with Crippen LogP contribution in [0.5, 0.6) is 0 Å². The Morgan fingerprint density at radius 1 is 1.21 bits per heavy atom. The van der Waals surface area contributed by atoms with Gasteiger partial charge < -0.3 is 10.2 Å². The van der Waals surface area contributed by atoms with Gasteiger partial charge in [0.1, 0.15) is 0 Å². The SMILES string of the molecule is C=C1/C(=C\C=C2/CCC[C@]3(C)C([C@H](C)C/C=C/S(=O)(=O)C(C)(C)C)CC[C@@H]23)C[C@@H](O)C[C@@H]1O. The van der Waals surface area contributed by atoms with Crippen LogP contribution in [0, 0.1) is 23.2 Å². The van der Waals surface area contributed by atoms with Crippen molar-refractivity contribution in [3.8, 4) is 0 Å². The normalized spacial score (nSPS) is 37.1. The summed E-state index contributed by atoms with van der Waals surface area (Å²) in [6.07, 6.45) is 12.6. The molecule has 3 saturated carbocycles. The number of aliphatic hydroxyl groups is 2. The standard InChI is InChI=1S/C28H44O4S/c1-19(9-8-16-33(31,32)27(3,4)5)24-13-14-25-21(10-7-15-28(24,25)6)11-12-22-17-23(29)18-26(30)20(22)2/h8,11-12,16,19,23-26,29-30H,2,7,9-10,13-15,17-18H2,1,3-6H3/b16-8+,21-11+,22-12-/t19-,23-,24?,25+,26+,28-/m1/s1. The van der Waals surface area contributed by atoms with Crippen molar-refractivity contribution in [2.45, 2.75) is 103 Å². The highest BCUT2D eigenvalue weighted by Gasteiger charge is 2.50. The molecule has 5 heteroatoms. The molecule has 4 nitrogen and oxygen atoms in total. The van der Waals surface area contributed by atoms with Crippen molar-refractivity contribution in [3.63, 3.8) is 0 Å². The Labute approximate surface area is 201 Å². The summed E-state index contributed by atoms with van der Waals surface area (Å²) in [6.45, 7) is 14.0. The van der Waals surface area contributed by atoms with Crippen LogP contribution in [0.15, 0.2) is 46.9 Å². The second-order valence-electron chi connectivity index (χ2n) is 11.9. The van der Waals surface area contributed by atoms with Crippen LogP contribution in [-0.4, -0.2) is 35.6 Å². The predicted octanol–water partition coefficient (Wildman–Crippen LogP) is 5.88. The zero-order chi connectivity index (χ0) is 24.6. The van der Waals surface area contributed by atoms with E-state index in [4.69, 9.17) is 0 Å². The third kappa shape index (κ3) is 5.57. The van der Waals surface area contributed by atoms with Crippen LogP contribution in [0.1, 0.15) is 86.0 Å². The van der Waals surface area contributed by atoms with E-state index >= 15 is 0 Å². The topological polar surface area (TPSA) is 74.6 Å². The van der Waals surface area contributed by atoms with Crippen molar-refractivity contribution in [2.75, 3.05) is 0 Å². The molecule has 0 aromatic heterocycles. The molecule has 3 aliphatic carbocycles. The van der Waals surface area contributed by atoms with Gasteiger partial charge in [-0.15, -0.1) is 0 Å². The van der Waals surface area contributed by atoms with E-state index < -0.39 is 26.8 Å². The second kappa shape index (κ2) is 9.83. The average molecular weight is 477 g/mol. The first-order chi connectivity index (χ1) is 15.3. The summed E-state index contributed by atoms with van der Waals surface area (Å²) in [4.78, 5) is 0. The number of hydrogen-bond acceptors (Lipinski definition) is 4. The van der Waals surface area contributed by atoms with Gasteiger partial charge in [0.2, 0.25) is 0 Å². The monoisotopic (exact) mass is 476 g/mol. The highest BCUT2D eigenvalue weighted by molar-refractivity contribution is 7.95. The number of rotatable bonds is 5. The van der Waals surface area contributed by atoms with Crippen LogP contribution in [0.4, 0.5) is 0 Å². The fraction of sp³-hybridized carbons (Fsp3) is 0.714. The second-order valence-corrected chi connectivity index (χ2v) is 14.5. The average Bonchev–Trinajstić information content (AvgIpc) is 3.06. The summed E-state index contributed by atoms with van der Waals surface area (Å²) in [5, 5.41) is 21.6. The third-order valence-electron chi connectivity index (χ3n) is 8.63. The van der Waals surface area contributed by atoms with Gasteiger partial charge in [-0.05, 0) is 100 Å². The molecular weight excluding hydrogens is 432 g/mol. The molecule has 0 heterocycles. The van der Waals surface area contributed by atoms with E-state index in [1.54, 1.807) is 20.8 Å². The molecule has 0 saturated heterocycles. The largest absolute Gasteiger partial charge is 0.393 e. The highest BCUT2D eigenvalue weighted by Crippen LogP contribution is 2.59. The van der Waals surface area contributed by atoms with Crippen LogP contribution < -0.4 is 0 Å². The summed E-state index contributed by atoms with van der Waals surface area (Å²) in [7, 11) is -3.23. The summed E-state index contributed by atoms with van der Waals surface area (Å²) in [5.74, 6) is 1.56. The molecule has 0 radical (unpaired) electrons. The molecule has 0 amide bonds. The zero-order valence-electron chi connectivity index (χ0n) is 21.2. The van der Waals surface area contributed by atoms with E-state index in [-0.39, 0.29) is 5.41 Å². The number of allylic oxidation sites excluding steroid dienone is 4. The minimum atomic E-state index is -3.23. The minimum absolute atomic E-state index is 0.237. The van der Waals surface area contributed by atoms with Crippen molar-refractivity contribution >= 4 is 9.84 Å². The number of hydrogen-bond donors (Lipinski definition) is 2. The number of fused-ring (bicyclic) bond motifs is 1. The van der Waals surface area contributed by atoms with Gasteiger partial charge in [0.05, 0.1) is 17.0 Å².